The number of piperazine rings is 1. The molecule has 2 aliphatic carbocycles. The lowest BCUT2D eigenvalue weighted by atomic mass is 9.90. The SMILES string of the molecule is C[C@H]1CN(C2CCC2)CCN1C(=O)[C@@H]1C[C@H]1c1cccc(C(N)=O)c1. The summed E-state index contributed by atoms with van der Waals surface area (Å²) in [4.78, 5) is 29.0. The first-order valence-electron chi connectivity index (χ1n) is 9.49. The topological polar surface area (TPSA) is 66.6 Å². The fraction of sp³-hybridized carbons (Fsp3) is 0.600. The first kappa shape index (κ1) is 16.6. The monoisotopic (exact) mass is 341 g/mol. The van der Waals surface area contributed by atoms with Crippen LogP contribution in [-0.4, -0.2) is 53.3 Å². The molecule has 1 saturated heterocycles. The lowest BCUT2D eigenvalue weighted by molar-refractivity contribution is -0.138. The molecule has 0 unspecified atom stereocenters. The molecule has 3 aliphatic rings. The minimum atomic E-state index is -0.411. The summed E-state index contributed by atoms with van der Waals surface area (Å²) in [6.07, 6.45) is 4.88. The first-order chi connectivity index (χ1) is 12.0. The highest BCUT2D eigenvalue weighted by Gasteiger charge is 2.47. The number of primary amides is 1. The van der Waals surface area contributed by atoms with E-state index in [9.17, 15) is 9.59 Å². The van der Waals surface area contributed by atoms with Crippen LogP contribution in [0.2, 0.25) is 0 Å². The first-order valence-corrected chi connectivity index (χ1v) is 9.49. The number of carbonyl (C=O) groups excluding carboxylic acids is 2. The Balaban J connectivity index is 1.38. The summed E-state index contributed by atoms with van der Waals surface area (Å²) < 4.78 is 0. The number of hydrogen-bond donors (Lipinski definition) is 1. The second-order valence-corrected chi connectivity index (χ2v) is 7.90. The normalized spacial score (nSPS) is 30.0. The molecule has 1 aromatic rings. The molecule has 3 atom stereocenters. The third-order valence-corrected chi connectivity index (χ3v) is 6.24. The van der Waals surface area contributed by atoms with E-state index < -0.39 is 5.91 Å². The van der Waals surface area contributed by atoms with E-state index in [2.05, 4.69) is 16.7 Å². The Bertz CT molecular complexity index is 685. The van der Waals surface area contributed by atoms with Crippen molar-refractivity contribution in [2.45, 2.75) is 50.6 Å². The van der Waals surface area contributed by atoms with E-state index in [1.807, 2.05) is 18.2 Å². The number of carbonyl (C=O) groups is 2. The van der Waals surface area contributed by atoms with Crippen LogP contribution in [0.3, 0.4) is 0 Å². The van der Waals surface area contributed by atoms with Crippen molar-refractivity contribution in [3.05, 3.63) is 35.4 Å². The van der Waals surface area contributed by atoms with E-state index >= 15 is 0 Å². The smallest absolute Gasteiger partial charge is 0.248 e. The number of amides is 2. The van der Waals surface area contributed by atoms with Crippen LogP contribution in [0.25, 0.3) is 0 Å². The van der Waals surface area contributed by atoms with Crippen LogP contribution in [0.1, 0.15) is 54.4 Å². The molecule has 2 N–H and O–H groups in total. The van der Waals surface area contributed by atoms with Crippen molar-refractivity contribution in [2.24, 2.45) is 11.7 Å². The van der Waals surface area contributed by atoms with Gasteiger partial charge in [0.1, 0.15) is 0 Å². The Morgan fingerprint density at radius 2 is 2.00 bits per heavy atom. The van der Waals surface area contributed by atoms with Gasteiger partial charge in [0.2, 0.25) is 11.8 Å². The van der Waals surface area contributed by atoms with Gasteiger partial charge in [-0.15, -0.1) is 0 Å². The van der Waals surface area contributed by atoms with Gasteiger partial charge in [0, 0.05) is 43.2 Å². The van der Waals surface area contributed by atoms with Gasteiger partial charge in [-0.1, -0.05) is 18.6 Å². The predicted molar refractivity (Wildman–Crippen MR) is 96.2 cm³/mol. The third kappa shape index (κ3) is 3.17. The average Bonchev–Trinajstić information content (AvgIpc) is 3.33. The Morgan fingerprint density at radius 1 is 1.20 bits per heavy atom. The van der Waals surface area contributed by atoms with Crippen molar-refractivity contribution in [2.75, 3.05) is 19.6 Å². The molecule has 134 valence electrons. The van der Waals surface area contributed by atoms with Crippen LogP contribution in [0.15, 0.2) is 24.3 Å². The van der Waals surface area contributed by atoms with Gasteiger partial charge in [-0.25, -0.2) is 0 Å². The Labute approximate surface area is 149 Å². The minimum absolute atomic E-state index is 0.0702. The molecular weight excluding hydrogens is 314 g/mol. The van der Waals surface area contributed by atoms with Crippen molar-refractivity contribution >= 4 is 11.8 Å². The lowest BCUT2D eigenvalue weighted by Gasteiger charge is -2.46. The summed E-state index contributed by atoms with van der Waals surface area (Å²) in [6, 6.07) is 8.48. The van der Waals surface area contributed by atoms with Crippen molar-refractivity contribution in [3.8, 4) is 0 Å². The number of nitrogens with two attached hydrogens (primary N) is 1. The lowest BCUT2D eigenvalue weighted by Crippen LogP contribution is -2.58. The second-order valence-electron chi connectivity index (χ2n) is 7.90. The number of hydrogen-bond acceptors (Lipinski definition) is 3. The van der Waals surface area contributed by atoms with Crippen LogP contribution in [0.4, 0.5) is 0 Å². The summed E-state index contributed by atoms with van der Waals surface area (Å²) in [5.74, 6) is 0.186. The molecule has 5 heteroatoms. The maximum Gasteiger partial charge on any atom is 0.248 e. The molecule has 0 bridgehead atoms. The second kappa shape index (κ2) is 6.45. The van der Waals surface area contributed by atoms with Gasteiger partial charge in [0.15, 0.2) is 0 Å². The maximum absolute atomic E-state index is 12.9. The summed E-state index contributed by atoms with van der Waals surface area (Å²) >= 11 is 0. The largest absolute Gasteiger partial charge is 0.366 e. The van der Waals surface area contributed by atoms with Crippen molar-refractivity contribution in [3.63, 3.8) is 0 Å². The standard InChI is InChI=1S/C20H27N3O2/c1-13-12-22(16-6-3-7-16)8-9-23(13)20(25)18-11-17(18)14-4-2-5-15(10-14)19(21)24/h2,4-5,10,13,16-18H,3,6-9,11-12H2,1H3,(H2,21,24)/t13-,17-,18+/m0/s1. The zero-order valence-corrected chi connectivity index (χ0v) is 14.9. The number of rotatable bonds is 4. The Morgan fingerprint density at radius 3 is 2.64 bits per heavy atom. The summed E-state index contributed by atoms with van der Waals surface area (Å²) in [7, 11) is 0. The molecule has 1 heterocycles. The molecule has 1 aromatic carbocycles. The summed E-state index contributed by atoms with van der Waals surface area (Å²) in [6.45, 7) is 5.04. The van der Waals surface area contributed by atoms with E-state index in [0.717, 1.165) is 37.7 Å². The quantitative estimate of drug-likeness (QED) is 0.910. The molecule has 0 radical (unpaired) electrons. The van der Waals surface area contributed by atoms with Gasteiger partial charge in [-0.05, 0) is 49.8 Å². The average molecular weight is 341 g/mol. The molecular formula is C20H27N3O2. The van der Waals surface area contributed by atoms with Crippen LogP contribution in [0.5, 0.6) is 0 Å². The van der Waals surface area contributed by atoms with Gasteiger partial charge >= 0.3 is 0 Å². The zero-order valence-electron chi connectivity index (χ0n) is 14.9. The highest BCUT2D eigenvalue weighted by Crippen LogP contribution is 2.49. The van der Waals surface area contributed by atoms with Gasteiger partial charge in [-0.3, -0.25) is 14.5 Å². The van der Waals surface area contributed by atoms with E-state index in [1.54, 1.807) is 6.07 Å². The minimum Gasteiger partial charge on any atom is -0.366 e. The predicted octanol–water partition coefficient (Wildman–Crippen LogP) is 1.97. The van der Waals surface area contributed by atoms with Gasteiger partial charge in [0.25, 0.3) is 0 Å². The van der Waals surface area contributed by atoms with Crippen molar-refractivity contribution < 1.29 is 9.59 Å². The van der Waals surface area contributed by atoms with E-state index in [1.165, 1.54) is 19.3 Å². The molecule has 2 saturated carbocycles. The van der Waals surface area contributed by atoms with Crippen LogP contribution in [-0.2, 0) is 4.79 Å². The molecule has 25 heavy (non-hydrogen) atoms. The highest BCUT2D eigenvalue weighted by atomic mass is 16.2. The molecule has 1 aliphatic heterocycles. The fourth-order valence-corrected chi connectivity index (χ4v) is 4.37. The Hall–Kier alpha value is -1.88. The van der Waals surface area contributed by atoms with Crippen molar-refractivity contribution in [1.82, 2.24) is 9.80 Å². The fourth-order valence-electron chi connectivity index (χ4n) is 4.37. The molecule has 0 aromatic heterocycles. The maximum atomic E-state index is 12.9. The summed E-state index contributed by atoms with van der Waals surface area (Å²) in [5, 5.41) is 0. The van der Waals surface area contributed by atoms with E-state index in [-0.39, 0.29) is 17.7 Å². The van der Waals surface area contributed by atoms with Crippen LogP contribution < -0.4 is 5.73 Å². The van der Waals surface area contributed by atoms with Crippen LogP contribution in [0, 0.1) is 5.92 Å². The molecule has 0 spiro atoms. The Kier molecular flexibility index (Phi) is 4.28. The molecule has 3 fully saturated rings. The molecule has 5 nitrogen and oxygen atoms in total. The molecule has 4 rings (SSSR count). The van der Waals surface area contributed by atoms with Gasteiger partial charge in [0.05, 0.1) is 0 Å². The van der Waals surface area contributed by atoms with Gasteiger partial charge < -0.3 is 10.6 Å². The number of benzene rings is 1. The third-order valence-electron chi connectivity index (χ3n) is 6.24. The van der Waals surface area contributed by atoms with E-state index in [4.69, 9.17) is 5.73 Å². The molecule has 2 amide bonds. The van der Waals surface area contributed by atoms with E-state index in [0.29, 0.717) is 11.6 Å². The highest BCUT2D eigenvalue weighted by molar-refractivity contribution is 5.93. The van der Waals surface area contributed by atoms with Crippen molar-refractivity contribution in [1.29, 1.82) is 0 Å². The van der Waals surface area contributed by atoms with Crippen LogP contribution >= 0.6 is 0 Å². The van der Waals surface area contributed by atoms with Gasteiger partial charge in [-0.2, -0.15) is 0 Å². The number of nitrogens with zero attached hydrogens (tertiary/aromatic N) is 2. The summed E-state index contributed by atoms with van der Waals surface area (Å²) in [5.41, 5.74) is 6.96. The zero-order chi connectivity index (χ0) is 17.6.